The maximum Gasteiger partial charge on any atom is 0.271 e. The third-order valence-corrected chi connectivity index (χ3v) is 4.85. The highest BCUT2D eigenvalue weighted by Crippen LogP contribution is 2.36. The number of rotatable bonds is 6. The molecule has 1 heterocycles. The van der Waals surface area contributed by atoms with Gasteiger partial charge in [-0.2, -0.15) is 5.10 Å². The molecule has 4 rings (SSSR count). The number of carbonyl (C=O) groups excluding carboxylic acids is 2. The van der Waals surface area contributed by atoms with Crippen molar-refractivity contribution in [1.82, 2.24) is 5.43 Å². The smallest absolute Gasteiger partial charge is 0.271 e. The van der Waals surface area contributed by atoms with Crippen LogP contribution in [-0.2, 0) is 4.79 Å². The van der Waals surface area contributed by atoms with Crippen LogP contribution in [0.3, 0.4) is 0 Å². The summed E-state index contributed by atoms with van der Waals surface area (Å²) in [7, 11) is 1.53. The fraction of sp³-hybridized carbons (Fsp3) is 0.125. The lowest BCUT2D eigenvalue weighted by molar-refractivity contribution is -0.115. The molecule has 32 heavy (non-hydrogen) atoms. The number of anilines is 1. The van der Waals surface area contributed by atoms with Crippen molar-refractivity contribution in [2.75, 3.05) is 12.4 Å². The fourth-order valence-electron chi connectivity index (χ4n) is 3.34. The number of hydrogen-bond donors (Lipinski definition) is 3. The number of furan rings is 1. The first-order valence-corrected chi connectivity index (χ1v) is 9.86. The Morgan fingerprint density at radius 3 is 2.62 bits per heavy atom. The van der Waals surface area contributed by atoms with Crippen molar-refractivity contribution in [1.29, 1.82) is 0 Å². The minimum Gasteiger partial charge on any atom is -0.508 e. The normalized spacial score (nSPS) is 11.5. The molecule has 2 amide bonds. The molecule has 0 bridgehead atoms. The van der Waals surface area contributed by atoms with Crippen molar-refractivity contribution in [2.24, 2.45) is 5.10 Å². The molecule has 0 spiro atoms. The van der Waals surface area contributed by atoms with Gasteiger partial charge in [0.1, 0.15) is 22.7 Å². The summed E-state index contributed by atoms with van der Waals surface area (Å²) < 4.78 is 11.3. The van der Waals surface area contributed by atoms with Crippen LogP contribution in [0.2, 0.25) is 0 Å². The molecule has 0 radical (unpaired) electrons. The van der Waals surface area contributed by atoms with E-state index in [0.29, 0.717) is 22.7 Å². The van der Waals surface area contributed by atoms with E-state index >= 15 is 0 Å². The second-order valence-corrected chi connectivity index (χ2v) is 7.21. The molecule has 0 aliphatic rings. The number of carbonyl (C=O) groups is 2. The molecule has 162 valence electrons. The number of para-hydroxylation sites is 1. The number of nitrogens with zero attached hydrogens (tertiary/aromatic N) is 1. The predicted octanol–water partition coefficient (Wildman–Crippen LogP) is 4.43. The SMILES string of the molecule is COc1cc2c(cc1NC(=O)CC(C)=NNC(=O)c1cccc(O)c1)oc1ccccc12. The van der Waals surface area contributed by atoms with Crippen LogP contribution >= 0.6 is 0 Å². The molecule has 8 heteroatoms. The van der Waals surface area contributed by atoms with Gasteiger partial charge in [0.2, 0.25) is 5.91 Å². The van der Waals surface area contributed by atoms with Crippen LogP contribution in [0.4, 0.5) is 5.69 Å². The molecule has 0 aliphatic carbocycles. The van der Waals surface area contributed by atoms with Crippen LogP contribution in [-0.4, -0.2) is 29.7 Å². The van der Waals surface area contributed by atoms with Gasteiger partial charge in [-0.1, -0.05) is 24.3 Å². The van der Waals surface area contributed by atoms with Crippen LogP contribution in [0.5, 0.6) is 11.5 Å². The van der Waals surface area contributed by atoms with Crippen LogP contribution in [0.25, 0.3) is 21.9 Å². The van der Waals surface area contributed by atoms with Gasteiger partial charge >= 0.3 is 0 Å². The number of ether oxygens (including phenoxy) is 1. The van der Waals surface area contributed by atoms with Crippen molar-refractivity contribution >= 4 is 45.2 Å². The van der Waals surface area contributed by atoms with Gasteiger partial charge in [-0.05, 0) is 37.3 Å². The second kappa shape index (κ2) is 8.81. The number of methoxy groups -OCH3 is 1. The standard InChI is InChI=1S/C24H21N3O5/c1-14(26-27-24(30)15-6-5-7-16(28)11-15)10-23(29)25-19-13-21-18(12-22(19)31-2)17-8-3-4-9-20(17)32-21/h3-9,11-13,28H,10H2,1-2H3,(H,25,29)(H,27,30). The van der Waals surface area contributed by atoms with Gasteiger partial charge in [-0.15, -0.1) is 0 Å². The number of phenolic OH excluding ortho intramolecular Hbond substituents is 1. The molecule has 8 nitrogen and oxygen atoms in total. The summed E-state index contributed by atoms with van der Waals surface area (Å²) in [6.45, 7) is 1.63. The highest BCUT2D eigenvalue weighted by Gasteiger charge is 2.15. The van der Waals surface area contributed by atoms with E-state index in [1.54, 1.807) is 25.1 Å². The lowest BCUT2D eigenvalue weighted by atomic mass is 10.1. The molecule has 0 aliphatic heterocycles. The molecule has 1 aromatic heterocycles. The molecule has 0 unspecified atom stereocenters. The van der Waals surface area contributed by atoms with Crippen LogP contribution in [0, 0.1) is 0 Å². The second-order valence-electron chi connectivity index (χ2n) is 7.21. The molecule has 0 atom stereocenters. The number of hydrazone groups is 1. The summed E-state index contributed by atoms with van der Waals surface area (Å²) >= 11 is 0. The first-order valence-electron chi connectivity index (χ1n) is 9.86. The Kier molecular flexibility index (Phi) is 5.76. The molecule has 0 fully saturated rings. The number of fused-ring (bicyclic) bond motifs is 3. The number of benzene rings is 3. The third kappa shape index (κ3) is 4.39. The third-order valence-electron chi connectivity index (χ3n) is 4.85. The molecule has 3 aromatic carbocycles. The Morgan fingerprint density at radius 2 is 1.84 bits per heavy atom. The number of aromatic hydroxyl groups is 1. The van der Waals surface area contributed by atoms with Gasteiger partial charge < -0.3 is 19.6 Å². The van der Waals surface area contributed by atoms with E-state index in [0.717, 1.165) is 16.4 Å². The van der Waals surface area contributed by atoms with Crippen LogP contribution in [0.15, 0.2) is 70.2 Å². The van der Waals surface area contributed by atoms with E-state index < -0.39 is 5.91 Å². The first-order chi connectivity index (χ1) is 15.4. The molecule has 4 aromatic rings. The lowest BCUT2D eigenvalue weighted by Gasteiger charge is -2.10. The number of phenols is 1. The minimum atomic E-state index is -0.488. The summed E-state index contributed by atoms with van der Waals surface area (Å²) in [5.74, 6) is -0.332. The Bertz CT molecular complexity index is 1360. The summed E-state index contributed by atoms with van der Waals surface area (Å²) in [5, 5.41) is 18.1. The van der Waals surface area contributed by atoms with Gasteiger partial charge in [0.15, 0.2) is 0 Å². The van der Waals surface area contributed by atoms with Crippen LogP contribution < -0.4 is 15.5 Å². The largest absolute Gasteiger partial charge is 0.508 e. The van der Waals surface area contributed by atoms with Crippen molar-refractivity contribution in [3.63, 3.8) is 0 Å². The summed E-state index contributed by atoms with van der Waals surface area (Å²) in [5.41, 5.74) is 4.89. The van der Waals surface area contributed by atoms with E-state index in [2.05, 4.69) is 15.8 Å². The summed E-state index contributed by atoms with van der Waals surface area (Å²) in [6.07, 6.45) is -0.0400. The van der Waals surface area contributed by atoms with E-state index in [1.165, 1.54) is 19.2 Å². The van der Waals surface area contributed by atoms with Crippen molar-refractivity contribution in [3.05, 3.63) is 66.2 Å². The molecule has 0 saturated heterocycles. The maximum absolute atomic E-state index is 12.5. The van der Waals surface area contributed by atoms with Crippen LogP contribution in [0.1, 0.15) is 23.7 Å². The van der Waals surface area contributed by atoms with E-state index in [9.17, 15) is 14.7 Å². The van der Waals surface area contributed by atoms with E-state index in [4.69, 9.17) is 9.15 Å². The van der Waals surface area contributed by atoms with E-state index in [-0.39, 0.29) is 23.6 Å². The Labute approximate surface area is 183 Å². The highest BCUT2D eigenvalue weighted by atomic mass is 16.5. The zero-order valence-corrected chi connectivity index (χ0v) is 17.5. The molecule has 0 saturated carbocycles. The average molecular weight is 431 g/mol. The van der Waals surface area contributed by atoms with E-state index in [1.807, 2.05) is 30.3 Å². The monoisotopic (exact) mass is 431 g/mol. The van der Waals surface area contributed by atoms with Gasteiger partial charge in [-0.3, -0.25) is 9.59 Å². The lowest BCUT2D eigenvalue weighted by Crippen LogP contribution is -2.21. The number of amides is 2. The van der Waals surface area contributed by atoms with Crippen molar-refractivity contribution in [2.45, 2.75) is 13.3 Å². The molecular weight excluding hydrogens is 410 g/mol. The van der Waals surface area contributed by atoms with Gasteiger partial charge in [-0.25, -0.2) is 5.43 Å². The Morgan fingerprint density at radius 1 is 1.03 bits per heavy atom. The Balaban J connectivity index is 1.46. The molecule has 3 N–H and O–H groups in total. The van der Waals surface area contributed by atoms with Crippen molar-refractivity contribution in [3.8, 4) is 11.5 Å². The zero-order chi connectivity index (χ0) is 22.7. The number of hydrogen-bond acceptors (Lipinski definition) is 6. The Hall–Kier alpha value is -4.33. The highest BCUT2D eigenvalue weighted by molar-refractivity contribution is 6.10. The zero-order valence-electron chi connectivity index (χ0n) is 17.5. The quantitative estimate of drug-likeness (QED) is 0.309. The van der Waals surface area contributed by atoms with Gasteiger partial charge in [0, 0.05) is 28.1 Å². The topological polar surface area (TPSA) is 113 Å². The summed E-state index contributed by atoms with van der Waals surface area (Å²) in [4.78, 5) is 24.6. The minimum absolute atomic E-state index is 0.0203. The molecular formula is C24H21N3O5. The maximum atomic E-state index is 12.5. The van der Waals surface area contributed by atoms with Gasteiger partial charge in [0.05, 0.1) is 19.2 Å². The first kappa shape index (κ1) is 20.9. The van der Waals surface area contributed by atoms with Crippen molar-refractivity contribution < 1.29 is 23.8 Å². The predicted molar refractivity (Wildman–Crippen MR) is 122 cm³/mol. The number of nitrogens with one attached hydrogen (secondary N) is 2. The fourth-order valence-corrected chi connectivity index (χ4v) is 3.34. The summed E-state index contributed by atoms with van der Waals surface area (Å²) in [6, 6.07) is 17.1. The van der Waals surface area contributed by atoms with Gasteiger partial charge in [0.25, 0.3) is 5.91 Å². The average Bonchev–Trinajstić information content (AvgIpc) is 3.14.